The van der Waals surface area contributed by atoms with Crippen LogP contribution in [-0.2, 0) is 16.6 Å². The van der Waals surface area contributed by atoms with Gasteiger partial charge in [-0.25, -0.2) is 17.5 Å². The van der Waals surface area contributed by atoms with Gasteiger partial charge < -0.3 is 9.55 Å². The molecule has 0 aliphatic heterocycles. The van der Waals surface area contributed by atoms with Gasteiger partial charge >= 0.3 is 0 Å². The monoisotopic (exact) mass is 504 g/mol. The Hall–Kier alpha value is -4.23. The number of carbonyl (C=O) groups excluding carboxylic acids is 1. The van der Waals surface area contributed by atoms with E-state index < -0.39 is 32.6 Å². The molecule has 4 aromatic rings. The van der Waals surface area contributed by atoms with Gasteiger partial charge in [0.05, 0.1) is 23.4 Å². The fraction of sp³-hybridized carbons (Fsp3) is 0.192. The van der Waals surface area contributed by atoms with E-state index in [2.05, 4.69) is 9.71 Å². The number of nitrogens with zero attached hydrogens (tertiary/aromatic N) is 2. The molecule has 8 nitrogen and oxygen atoms in total. The van der Waals surface area contributed by atoms with Crippen molar-refractivity contribution < 1.29 is 17.6 Å². The summed E-state index contributed by atoms with van der Waals surface area (Å²) in [7, 11) is -3.91. The lowest BCUT2D eigenvalue weighted by Crippen LogP contribution is -2.35. The summed E-state index contributed by atoms with van der Waals surface area (Å²) in [6.07, 6.45) is 2.38. The number of sulfonamides is 1. The molecule has 0 unspecified atom stereocenters. The van der Waals surface area contributed by atoms with Crippen molar-refractivity contribution in [3.8, 4) is 17.2 Å². The van der Waals surface area contributed by atoms with E-state index in [1.165, 1.54) is 29.0 Å². The third kappa shape index (κ3) is 4.18. The molecule has 1 aliphatic carbocycles. The van der Waals surface area contributed by atoms with Gasteiger partial charge in [0.25, 0.3) is 11.5 Å². The molecule has 0 bridgehead atoms. The van der Waals surface area contributed by atoms with Crippen LogP contribution in [0.15, 0.2) is 59.5 Å². The average molecular weight is 505 g/mol. The molecule has 1 aliphatic rings. The molecule has 2 heterocycles. The lowest BCUT2D eigenvalue weighted by atomic mass is 10.0. The zero-order chi connectivity index (χ0) is 25.6. The minimum absolute atomic E-state index is 0.0849. The first-order valence-corrected chi connectivity index (χ1v) is 12.8. The van der Waals surface area contributed by atoms with Crippen LogP contribution < -0.4 is 10.3 Å². The number of halogens is 1. The van der Waals surface area contributed by atoms with Gasteiger partial charge in [-0.2, -0.15) is 5.26 Å². The largest absolute Gasteiger partial charge is 0.331 e. The molecule has 0 saturated heterocycles. The molecule has 0 spiro atoms. The van der Waals surface area contributed by atoms with Gasteiger partial charge in [0.1, 0.15) is 11.5 Å². The SMILES string of the molecule is Cc1ccc2c(c1)c(-c1ccc[nH]c1=O)c(C(=O)NS(=O)(=O)C1CC1)n2Cc1cc(C#N)ccc1F. The van der Waals surface area contributed by atoms with Crippen LogP contribution in [0.25, 0.3) is 22.0 Å². The smallest absolute Gasteiger partial charge is 0.282 e. The van der Waals surface area contributed by atoms with Crippen LogP contribution in [0, 0.1) is 24.1 Å². The molecule has 2 N–H and O–H groups in total. The lowest BCUT2D eigenvalue weighted by Gasteiger charge is -2.14. The predicted octanol–water partition coefficient (Wildman–Crippen LogP) is 3.59. The van der Waals surface area contributed by atoms with Crippen LogP contribution in [-0.4, -0.2) is 29.1 Å². The maximum absolute atomic E-state index is 14.8. The third-order valence-electron chi connectivity index (χ3n) is 6.22. The molecule has 2 aromatic heterocycles. The van der Waals surface area contributed by atoms with E-state index in [-0.39, 0.29) is 34.5 Å². The molecule has 5 rings (SSSR count). The number of aromatic nitrogens is 2. The van der Waals surface area contributed by atoms with Crippen molar-refractivity contribution in [3.63, 3.8) is 0 Å². The summed E-state index contributed by atoms with van der Waals surface area (Å²) in [5.41, 5.74) is 1.61. The Balaban J connectivity index is 1.81. The predicted molar refractivity (Wildman–Crippen MR) is 132 cm³/mol. The van der Waals surface area contributed by atoms with E-state index in [9.17, 15) is 27.7 Å². The van der Waals surface area contributed by atoms with Crippen molar-refractivity contribution in [2.45, 2.75) is 31.6 Å². The Morgan fingerprint density at radius 3 is 2.69 bits per heavy atom. The number of benzene rings is 2. The number of pyridine rings is 1. The molecule has 36 heavy (non-hydrogen) atoms. The Kier molecular flexibility index (Phi) is 5.73. The van der Waals surface area contributed by atoms with Crippen LogP contribution in [0.3, 0.4) is 0 Å². The number of rotatable bonds is 6. The molecule has 1 amide bonds. The van der Waals surface area contributed by atoms with Gasteiger partial charge in [-0.1, -0.05) is 11.6 Å². The first kappa shape index (κ1) is 23.5. The highest BCUT2D eigenvalue weighted by Gasteiger charge is 2.38. The summed E-state index contributed by atoms with van der Waals surface area (Å²) < 4.78 is 43.8. The topological polar surface area (TPSA) is 125 Å². The summed E-state index contributed by atoms with van der Waals surface area (Å²) in [5, 5.41) is 9.18. The first-order valence-electron chi connectivity index (χ1n) is 11.2. The van der Waals surface area contributed by atoms with Crippen molar-refractivity contribution in [1.29, 1.82) is 5.26 Å². The fourth-order valence-corrected chi connectivity index (χ4v) is 5.61. The van der Waals surface area contributed by atoms with Gasteiger partial charge in [0.2, 0.25) is 10.0 Å². The number of amides is 1. The standard InChI is InChI=1S/C26H21FN4O4S/c1-15-4-9-22-20(11-15)23(19-3-2-10-29-25(19)32)24(26(33)30-36(34,35)18-6-7-18)31(22)14-17-12-16(13-28)5-8-21(17)27/h2-5,8-12,18H,6-7,14H2,1H3,(H,29,32)(H,30,33). The summed E-state index contributed by atoms with van der Waals surface area (Å²) in [6.45, 7) is 1.68. The summed E-state index contributed by atoms with van der Waals surface area (Å²) in [6, 6.07) is 14.4. The Bertz CT molecular complexity index is 1740. The second kappa shape index (κ2) is 8.77. The van der Waals surface area contributed by atoms with E-state index in [0.29, 0.717) is 23.7 Å². The van der Waals surface area contributed by atoms with Gasteiger partial charge in [0.15, 0.2) is 0 Å². The molecule has 0 atom stereocenters. The number of aryl methyl sites for hydroxylation is 1. The second-order valence-electron chi connectivity index (χ2n) is 8.84. The maximum Gasteiger partial charge on any atom is 0.282 e. The number of H-pyrrole nitrogens is 1. The highest BCUT2D eigenvalue weighted by Crippen LogP contribution is 2.36. The number of fused-ring (bicyclic) bond motifs is 1. The Morgan fingerprint density at radius 1 is 1.22 bits per heavy atom. The van der Waals surface area contributed by atoms with Crippen molar-refractivity contribution in [2.75, 3.05) is 0 Å². The van der Waals surface area contributed by atoms with Crippen LogP contribution in [0.5, 0.6) is 0 Å². The maximum atomic E-state index is 14.8. The van der Waals surface area contributed by atoms with Crippen LogP contribution in [0.2, 0.25) is 0 Å². The van der Waals surface area contributed by atoms with Crippen LogP contribution >= 0.6 is 0 Å². The molecule has 1 fully saturated rings. The van der Waals surface area contributed by atoms with Crippen LogP contribution in [0.4, 0.5) is 4.39 Å². The van der Waals surface area contributed by atoms with E-state index >= 15 is 0 Å². The minimum atomic E-state index is -3.91. The van der Waals surface area contributed by atoms with E-state index in [1.807, 2.05) is 19.1 Å². The quantitative estimate of drug-likeness (QED) is 0.415. The summed E-state index contributed by atoms with van der Waals surface area (Å²) in [4.78, 5) is 29.0. The minimum Gasteiger partial charge on any atom is -0.331 e. The zero-order valence-corrected chi connectivity index (χ0v) is 20.0. The molecule has 0 radical (unpaired) electrons. The van der Waals surface area contributed by atoms with Gasteiger partial charge in [-0.3, -0.25) is 9.59 Å². The van der Waals surface area contributed by atoms with Crippen molar-refractivity contribution in [3.05, 3.63) is 93.3 Å². The lowest BCUT2D eigenvalue weighted by molar-refractivity contribution is 0.0974. The fourth-order valence-electron chi connectivity index (χ4n) is 4.33. The van der Waals surface area contributed by atoms with E-state index in [1.54, 1.807) is 24.3 Å². The number of hydrogen-bond donors (Lipinski definition) is 2. The number of carbonyl (C=O) groups is 1. The summed E-state index contributed by atoms with van der Waals surface area (Å²) >= 11 is 0. The van der Waals surface area contributed by atoms with Crippen molar-refractivity contribution in [2.24, 2.45) is 0 Å². The first-order chi connectivity index (χ1) is 17.2. The zero-order valence-electron chi connectivity index (χ0n) is 19.2. The normalized spacial score (nSPS) is 13.5. The number of nitriles is 1. The third-order valence-corrected chi connectivity index (χ3v) is 8.04. The molecular weight excluding hydrogens is 483 g/mol. The van der Waals surface area contributed by atoms with Gasteiger partial charge in [0, 0.05) is 33.8 Å². The highest BCUT2D eigenvalue weighted by atomic mass is 32.2. The van der Waals surface area contributed by atoms with Gasteiger partial charge in [-0.05, 0) is 62.2 Å². The molecule has 2 aromatic carbocycles. The molecule has 182 valence electrons. The van der Waals surface area contributed by atoms with Crippen molar-refractivity contribution >= 4 is 26.8 Å². The van der Waals surface area contributed by atoms with Crippen molar-refractivity contribution in [1.82, 2.24) is 14.3 Å². The Morgan fingerprint density at radius 2 is 2.00 bits per heavy atom. The highest BCUT2D eigenvalue weighted by molar-refractivity contribution is 7.91. The van der Waals surface area contributed by atoms with Gasteiger partial charge in [-0.15, -0.1) is 0 Å². The Labute approximate surface area is 206 Å². The number of aromatic amines is 1. The number of hydrogen-bond acceptors (Lipinski definition) is 5. The second-order valence-corrected chi connectivity index (χ2v) is 10.8. The average Bonchev–Trinajstić information content (AvgIpc) is 3.65. The molecule has 10 heteroatoms. The van der Waals surface area contributed by atoms with E-state index in [0.717, 1.165) is 5.56 Å². The number of nitrogens with one attached hydrogen (secondary N) is 2. The van der Waals surface area contributed by atoms with E-state index in [4.69, 9.17) is 0 Å². The summed E-state index contributed by atoms with van der Waals surface area (Å²) in [5.74, 6) is -1.50. The molecule has 1 saturated carbocycles. The molecular formula is C26H21FN4O4S. The van der Waals surface area contributed by atoms with Crippen LogP contribution in [0.1, 0.15) is 40.0 Å².